The molecule has 0 saturated carbocycles. The first kappa shape index (κ1) is 15.7. The van der Waals surface area contributed by atoms with Gasteiger partial charge in [0.15, 0.2) is 11.4 Å². The molecule has 7 nitrogen and oxygen atoms in total. The number of halogens is 1. The molecule has 5 aromatic rings. The maximum absolute atomic E-state index is 6.35. The van der Waals surface area contributed by atoms with Gasteiger partial charge in [0.1, 0.15) is 24.7 Å². The zero-order chi connectivity index (χ0) is 18.2. The summed E-state index contributed by atoms with van der Waals surface area (Å²) < 4.78 is 7.29. The van der Waals surface area contributed by atoms with Crippen LogP contribution in [0.1, 0.15) is 0 Å². The summed E-state index contributed by atoms with van der Waals surface area (Å²) in [5.74, 6) is 0.602. The number of aromatic nitrogens is 6. The highest BCUT2D eigenvalue weighted by molar-refractivity contribution is 6.33. The van der Waals surface area contributed by atoms with Gasteiger partial charge < -0.3 is 4.52 Å². The Balaban J connectivity index is 1.75. The maximum atomic E-state index is 6.35. The lowest BCUT2D eigenvalue weighted by Gasteiger charge is -2.07. The molecule has 0 amide bonds. The van der Waals surface area contributed by atoms with Gasteiger partial charge in [-0.3, -0.25) is 0 Å². The van der Waals surface area contributed by atoms with Crippen LogP contribution in [0.25, 0.3) is 39.2 Å². The Kier molecular flexibility index (Phi) is 3.65. The highest BCUT2D eigenvalue weighted by atomic mass is 35.5. The maximum Gasteiger partial charge on any atom is 0.175 e. The summed E-state index contributed by atoms with van der Waals surface area (Å²) in [4.78, 5) is 12.5. The highest BCUT2D eigenvalue weighted by Gasteiger charge is 2.19. The monoisotopic (exact) mass is 374 g/mol. The number of hydrogen-bond acceptors (Lipinski definition) is 6. The quantitative estimate of drug-likeness (QED) is 0.471. The number of benzene rings is 2. The first-order valence-electron chi connectivity index (χ1n) is 8.11. The molecule has 0 aliphatic heterocycles. The summed E-state index contributed by atoms with van der Waals surface area (Å²) in [6, 6.07) is 13.4. The van der Waals surface area contributed by atoms with E-state index in [9.17, 15) is 0 Å². The molecule has 0 bridgehead atoms. The van der Waals surface area contributed by atoms with E-state index in [4.69, 9.17) is 16.1 Å². The molecule has 0 atom stereocenters. The van der Waals surface area contributed by atoms with Gasteiger partial charge in [0.2, 0.25) is 0 Å². The molecule has 2 aromatic carbocycles. The molecule has 0 spiro atoms. The van der Waals surface area contributed by atoms with Crippen molar-refractivity contribution in [3.63, 3.8) is 0 Å². The Labute approximate surface area is 158 Å². The average molecular weight is 375 g/mol. The third-order valence-electron chi connectivity index (χ3n) is 4.24. The summed E-state index contributed by atoms with van der Waals surface area (Å²) in [5.41, 5.74) is 3.70. The highest BCUT2D eigenvalue weighted by Crippen LogP contribution is 2.37. The van der Waals surface area contributed by atoms with E-state index in [1.165, 1.54) is 12.7 Å². The van der Waals surface area contributed by atoms with Crippen molar-refractivity contribution in [3.8, 4) is 28.2 Å². The number of fused-ring (bicyclic) bond motifs is 1. The van der Waals surface area contributed by atoms with Crippen molar-refractivity contribution in [1.29, 1.82) is 0 Å². The molecule has 0 N–H and O–H groups in total. The molecule has 0 aliphatic rings. The topological polar surface area (TPSA) is 82.5 Å². The summed E-state index contributed by atoms with van der Waals surface area (Å²) in [6.45, 7) is 0. The molecule has 3 heterocycles. The Hall–Kier alpha value is -3.58. The van der Waals surface area contributed by atoms with Crippen molar-refractivity contribution in [2.75, 3.05) is 0 Å². The molecule has 0 radical (unpaired) electrons. The van der Waals surface area contributed by atoms with Crippen molar-refractivity contribution in [3.05, 3.63) is 72.7 Å². The van der Waals surface area contributed by atoms with Crippen LogP contribution in [0.5, 0.6) is 0 Å². The summed E-state index contributed by atoms with van der Waals surface area (Å²) in [5, 5.41) is 9.91. The lowest BCUT2D eigenvalue weighted by Crippen LogP contribution is -2.01. The fraction of sp³-hybridized carbons (Fsp3) is 0. The van der Waals surface area contributed by atoms with Gasteiger partial charge in [-0.05, 0) is 12.1 Å². The minimum absolute atomic E-state index is 0.602. The molecule has 130 valence electrons. The van der Waals surface area contributed by atoms with E-state index in [1.54, 1.807) is 17.2 Å². The van der Waals surface area contributed by atoms with Crippen molar-refractivity contribution in [1.82, 2.24) is 29.9 Å². The van der Waals surface area contributed by atoms with Gasteiger partial charge >= 0.3 is 0 Å². The second-order valence-electron chi connectivity index (χ2n) is 5.79. The van der Waals surface area contributed by atoms with Gasteiger partial charge in [0.25, 0.3) is 0 Å². The molecule has 0 aliphatic carbocycles. The molecule has 3 aromatic heterocycles. The van der Waals surface area contributed by atoms with Crippen LogP contribution >= 0.6 is 11.6 Å². The van der Waals surface area contributed by atoms with Gasteiger partial charge in [-0.1, -0.05) is 47.1 Å². The number of hydrogen-bond donors (Lipinski definition) is 0. The Morgan fingerprint density at radius 3 is 2.63 bits per heavy atom. The summed E-state index contributed by atoms with van der Waals surface area (Å²) in [7, 11) is 0. The predicted molar refractivity (Wildman–Crippen MR) is 100 cm³/mol. The Morgan fingerprint density at radius 1 is 0.889 bits per heavy atom. The summed E-state index contributed by atoms with van der Waals surface area (Å²) in [6.07, 6.45) is 6.23. The Morgan fingerprint density at radius 2 is 1.78 bits per heavy atom. The van der Waals surface area contributed by atoms with Gasteiger partial charge in [-0.25, -0.2) is 19.6 Å². The number of para-hydroxylation sites is 1. The second-order valence-corrected chi connectivity index (χ2v) is 6.20. The van der Waals surface area contributed by atoms with E-state index in [-0.39, 0.29) is 0 Å². The van der Waals surface area contributed by atoms with Crippen LogP contribution in [0.2, 0.25) is 5.02 Å². The molecule has 0 fully saturated rings. The first-order chi connectivity index (χ1) is 13.3. The number of nitrogens with zero attached hydrogens (tertiary/aromatic N) is 6. The first-order valence-corrected chi connectivity index (χ1v) is 8.49. The second kappa shape index (κ2) is 6.30. The van der Waals surface area contributed by atoms with Crippen LogP contribution in [-0.4, -0.2) is 29.9 Å². The predicted octanol–water partition coefficient (Wildman–Crippen LogP) is 4.19. The van der Waals surface area contributed by atoms with E-state index >= 15 is 0 Å². The standard InChI is InChI=1S/C19H11ClN6O/c20-16-7-2-1-4-13(16)17-14-6-3-5-12(18(14)27-25-17)15-8-21-9-23-19(15)26-11-22-10-24-26/h1-11H. The zero-order valence-corrected chi connectivity index (χ0v) is 14.6. The van der Waals surface area contributed by atoms with E-state index in [2.05, 4.69) is 25.2 Å². The fourth-order valence-electron chi connectivity index (χ4n) is 3.04. The van der Waals surface area contributed by atoms with Crippen molar-refractivity contribution in [2.45, 2.75) is 0 Å². The van der Waals surface area contributed by atoms with E-state index < -0.39 is 0 Å². The van der Waals surface area contributed by atoms with Crippen LogP contribution in [0.15, 0.2) is 72.2 Å². The molecule has 27 heavy (non-hydrogen) atoms. The molecule has 0 saturated heterocycles. The zero-order valence-electron chi connectivity index (χ0n) is 13.8. The van der Waals surface area contributed by atoms with Crippen molar-refractivity contribution >= 4 is 22.6 Å². The summed E-state index contributed by atoms with van der Waals surface area (Å²) >= 11 is 6.35. The molecular formula is C19H11ClN6O. The fourth-order valence-corrected chi connectivity index (χ4v) is 3.26. The van der Waals surface area contributed by atoms with E-state index in [0.717, 1.165) is 22.1 Å². The van der Waals surface area contributed by atoms with Gasteiger partial charge in [0, 0.05) is 22.9 Å². The van der Waals surface area contributed by atoms with Crippen LogP contribution in [-0.2, 0) is 0 Å². The van der Waals surface area contributed by atoms with Crippen LogP contribution in [0.3, 0.4) is 0 Å². The largest absolute Gasteiger partial charge is 0.355 e. The minimum atomic E-state index is 0.602. The molecule has 5 rings (SSSR count). The smallest absolute Gasteiger partial charge is 0.175 e. The normalized spacial score (nSPS) is 11.1. The van der Waals surface area contributed by atoms with Crippen LogP contribution < -0.4 is 0 Å². The molecule has 0 unspecified atom stereocenters. The minimum Gasteiger partial charge on any atom is -0.355 e. The average Bonchev–Trinajstić information content (AvgIpc) is 3.38. The van der Waals surface area contributed by atoms with Crippen LogP contribution in [0, 0.1) is 0 Å². The number of rotatable bonds is 3. The van der Waals surface area contributed by atoms with Crippen molar-refractivity contribution < 1.29 is 4.52 Å². The third kappa shape index (κ3) is 2.56. The van der Waals surface area contributed by atoms with E-state index in [0.29, 0.717) is 22.1 Å². The van der Waals surface area contributed by atoms with Gasteiger partial charge in [-0.2, -0.15) is 5.10 Å². The van der Waals surface area contributed by atoms with Crippen LogP contribution in [0.4, 0.5) is 0 Å². The van der Waals surface area contributed by atoms with Gasteiger partial charge in [0.05, 0.1) is 10.4 Å². The SMILES string of the molecule is Clc1ccccc1-c1noc2c(-c3cncnc3-n3cncn3)cccc12. The lowest BCUT2D eigenvalue weighted by molar-refractivity contribution is 0.460. The molecule has 8 heteroatoms. The van der Waals surface area contributed by atoms with Crippen molar-refractivity contribution in [2.24, 2.45) is 0 Å². The third-order valence-corrected chi connectivity index (χ3v) is 4.57. The Bertz CT molecular complexity index is 1250. The molecular weight excluding hydrogens is 364 g/mol. The van der Waals surface area contributed by atoms with E-state index in [1.807, 2.05) is 42.5 Å². The van der Waals surface area contributed by atoms with Gasteiger partial charge in [-0.15, -0.1) is 0 Å². The lowest BCUT2D eigenvalue weighted by atomic mass is 10.0.